The molecule has 0 aromatic heterocycles. The molecule has 0 radical (unpaired) electrons. The van der Waals surface area contributed by atoms with E-state index in [1.54, 1.807) is 16.1 Å². The third-order valence-electron chi connectivity index (χ3n) is 4.65. The zero-order valence-electron chi connectivity index (χ0n) is 13.4. The minimum atomic E-state index is -3.42. The first kappa shape index (κ1) is 16.4. The number of piperazine rings is 1. The van der Waals surface area contributed by atoms with Crippen LogP contribution in [0.15, 0.2) is 30.3 Å². The van der Waals surface area contributed by atoms with Crippen LogP contribution < -0.4 is 0 Å². The van der Waals surface area contributed by atoms with Crippen molar-refractivity contribution in [3.05, 3.63) is 35.9 Å². The van der Waals surface area contributed by atoms with E-state index < -0.39 is 10.2 Å². The molecule has 0 N–H and O–H groups in total. The van der Waals surface area contributed by atoms with Gasteiger partial charge in [-0.25, -0.2) is 0 Å². The summed E-state index contributed by atoms with van der Waals surface area (Å²) < 4.78 is 28.7. The molecule has 1 amide bonds. The molecule has 1 atom stereocenters. The van der Waals surface area contributed by atoms with E-state index in [0.717, 1.165) is 18.4 Å². The third kappa shape index (κ3) is 3.27. The molecule has 1 aromatic carbocycles. The minimum absolute atomic E-state index is 0.0166. The second-order valence-corrected chi connectivity index (χ2v) is 8.04. The van der Waals surface area contributed by atoms with Crippen LogP contribution in [0.25, 0.3) is 0 Å². The SMILES string of the molecule is CC(=O)N1CCN(S(=O)(=O)N2CCCC2)CC1c1ccccc1. The van der Waals surface area contributed by atoms with Gasteiger partial charge in [-0.15, -0.1) is 0 Å². The van der Waals surface area contributed by atoms with Crippen LogP contribution in [-0.2, 0) is 15.0 Å². The van der Waals surface area contributed by atoms with Gasteiger partial charge in [0.25, 0.3) is 10.2 Å². The van der Waals surface area contributed by atoms with Crippen molar-refractivity contribution in [2.24, 2.45) is 0 Å². The molecule has 3 rings (SSSR count). The number of hydrogen-bond donors (Lipinski definition) is 0. The van der Waals surface area contributed by atoms with E-state index in [1.165, 1.54) is 4.31 Å². The van der Waals surface area contributed by atoms with Crippen LogP contribution in [0.5, 0.6) is 0 Å². The van der Waals surface area contributed by atoms with Gasteiger partial charge in [0, 0.05) is 39.6 Å². The molecule has 1 aromatic rings. The number of carbonyl (C=O) groups excluding carboxylic acids is 1. The topological polar surface area (TPSA) is 60.9 Å². The normalized spacial score (nSPS) is 24.0. The van der Waals surface area contributed by atoms with Gasteiger partial charge in [0.1, 0.15) is 0 Å². The fourth-order valence-corrected chi connectivity index (χ4v) is 5.08. The van der Waals surface area contributed by atoms with Crippen molar-refractivity contribution in [3.63, 3.8) is 0 Å². The summed E-state index contributed by atoms with van der Waals surface area (Å²) in [6.45, 7) is 3.86. The highest BCUT2D eigenvalue weighted by Crippen LogP contribution is 2.28. The molecule has 6 nitrogen and oxygen atoms in total. The summed E-state index contributed by atoms with van der Waals surface area (Å²) in [5, 5.41) is 0. The lowest BCUT2D eigenvalue weighted by molar-refractivity contribution is -0.133. The van der Waals surface area contributed by atoms with Crippen molar-refractivity contribution in [2.75, 3.05) is 32.7 Å². The minimum Gasteiger partial charge on any atom is -0.333 e. The third-order valence-corrected chi connectivity index (χ3v) is 6.65. The predicted molar refractivity (Wildman–Crippen MR) is 87.9 cm³/mol. The number of carbonyl (C=O) groups is 1. The Hall–Kier alpha value is -1.44. The number of hydrogen-bond acceptors (Lipinski definition) is 3. The van der Waals surface area contributed by atoms with Crippen LogP contribution in [0.3, 0.4) is 0 Å². The van der Waals surface area contributed by atoms with Crippen molar-refractivity contribution in [3.8, 4) is 0 Å². The summed E-state index contributed by atoms with van der Waals surface area (Å²) in [5.74, 6) is -0.0166. The molecular formula is C16H23N3O3S. The van der Waals surface area contributed by atoms with Gasteiger partial charge in [-0.3, -0.25) is 4.79 Å². The first-order valence-corrected chi connectivity index (χ1v) is 9.47. The maximum absolute atomic E-state index is 12.8. The first-order valence-electron chi connectivity index (χ1n) is 8.07. The van der Waals surface area contributed by atoms with E-state index in [2.05, 4.69) is 0 Å². The lowest BCUT2D eigenvalue weighted by Gasteiger charge is -2.41. The van der Waals surface area contributed by atoms with E-state index in [1.807, 2.05) is 30.3 Å². The summed E-state index contributed by atoms with van der Waals surface area (Å²) in [5.41, 5.74) is 0.976. The molecule has 2 aliphatic rings. The summed E-state index contributed by atoms with van der Waals surface area (Å²) in [6.07, 6.45) is 1.85. The van der Waals surface area contributed by atoms with Gasteiger partial charge < -0.3 is 4.90 Å². The molecule has 23 heavy (non-hydrogen) atoms. The molecular weight excluding hydrogens is 314 g/mol. The zero-order valence-corrected chi connectivity index (χ0v) is 14.2. The standard InChI is InChI=1S/C16H23N3O3S/c1-14(20)19-12-11-18(23(21,22)17-9-5-6-10-17)13-16(19)15-7-3-2-4-8-15/h2-4,7-8,16H,5-6,9-13H2,1H3. The molecule has 126 valence electrons. The number of amides is 1. The molecule has 0 saturated carbocycles. The highest BCUT2D eigenvalue weighted by molar-refractivity contribution is 7.86. The van der Waals surface area contributed by atoms with Gasteiger partial charge in [-0.2, -0.15) is 17.0 Å². The highest BCUT2D eigenvalue weighted by atomic mass is 32.2. The van der Waals surface area contributed by atoms with Gasteiger partial charge in [0.15, 0.2) is 0 Å². The molecule has 2 fully saturated rings. The molecule has 0 bridgehead atoms. The summed E-state index contributed by atoms with van der Waals surface area (Å²) in [4.78, 5) is 13.7. The lowest BCUT2D eigenvalue weighted by atomic mass is 10.0. The van der Waals surface area contributed by atoms with Gasteiger partial charge in [0.05, 0.1) is 6.04 Å². The molecule has 2 aliphatic heterocycles. The predicted octanol–water partition coefficient (Wildman–Crippen LogP) is 1.23. The average molecular weight is 337 g/mol. The maximum atomic E-state index is 12.8. The average Bonchev–Trinajstić information content (AvgIpc) is 3.10. The van der Waals surface area contributed by atoms with Gasteiger partial charge in [-0.05, 0) is 18.4 Å². The van der Waals surface area contributed by atoms with Crippen LogP contribution in [0.1, 0.15) is 31.4 Å². The Morgan fingerprint density at radius 2 is 1.65 bits per heavy atom. The smallest absolute Gasteiger partial charge is 0.282 e. The van der Waals surface area contributed by atoms with Crippen LogP contribution in [0.2, 0.25) is 0 Å². The fourth-order valence-electron chi connectivity index (χ4n) is 3.39. The van der Waals surface area contributed by atoms with Crippen LogP contribution >= 0.6 is 0 Å². The van der Waals surface area contributed by atoms with Crippen molar-refractivity contribution in [2.45, 2.75) is 25.8 Å². The monoisotopic (exact) mass is 337 g/mol. The highest BCUT2D eigenvalue weighted by Gasteiger charge is 2.38. The molecule has 0 aliphatic carbocycles. The number of benzene rings is 1. The second kappa shape index (κ2) is 6.59. The van der Waals surface area contributed by atoms with E-state index in [9.17, 15) is 13.2 Å². The van der Waals surface area contributed by atoms with Gasteiger partial charge in [0.2, 0.25) is 5.91 Å². The Kier molecular flexibility index (Phi) is 4.70. The molecule has 2 heterocycles. The Morgan fingerprint density at radius 1 is 1.00 bits per heavy atom. The largest absolute Gasteiger partial charge is 0.333 e. The summed E-state index contributed by atoms with van der Waals surface area (Å²) in [7, 11) is -3.42. The number of rotatable bonds is 3. The van der Waals surface area contributed by atoms with Crippen molar-refractivity contribution >= 4 is 16.1 Å². The van der Waals surface area contributed by atoms with E-state index >= 15 is 0 Å². The Morgan fingerprint density at radius 3 is 2.26 bits per heavy atom. The van der Waals surface area contributed by atoms with Gasteiger partial charge in [-0.1, -0.05) is 30.3 Å². The zero-order chi connectivity index (χ0) is 16.4. The van der Waals surface area contributed by atoms with Crippen LogP contribution in [-0.4, -0.2) is 60.6 Å². The fraction of sp³-hybridized carbons (Fsp3) is 0.562. The Balaban J connectivity index is 1.85. The molecule has 7 heteroatoms. The first-order chi connectivity index (χ1) is 11.0. The quantitative estimate of drug-likeness (QED) is 0.833. The van der Waals surface area contributed by atoms with Crippen LogP contribution in [0, 0.1) is 0 Å². The summed E-state index contributed by atoms with van der Waals surface area (Å²) in [6, 6.07) is 9.44. The Bertz CT molecular complexity index is 656. The van der Waals surface area contributed by atoms with E-state index in [0.29, 0.717) is 32.7 Å². The maximum Gasteiger partial charge on any atom is 0.282 e. The van der Waals surface area contributed by atoms with Crippen molar-refractivity contribution in [1.82, 2.24) is 13.5 Å². The van der Waals surface area contributed by atoms with Crippen molar-refractivity contribution in [1.29, 1.82) is 0 Å². The van der Waals surface area contributed by atoms with Crippen molar-refractivity contribution < 1.29 is 13.2 Å². The Labute approximate surface area is 137 Å². The lowest BCUT2D eigenvalue weighted by Crippen LogP contribution is -2.54. The number of nitrogens with zero attached hydrogens (tertiary/aromatic N) is 3. The van der Waals surface area contributed by atoms with E-state index in [-0.39, 0.29) is 11.9 Å². The van der Waals surface area contributed by atoms with E-state index in [4.69, 9.17) is 0 Å². The molecule has 2 saturated heterocycles. The second-order valence-electron chi connectivity index (χ2n) is 6.11. The van der Waals surface area contributed by atoms with Crippen LogP contribution in [0.4, 0.5) is 0 Å². The summed E-state index contributed by atoms with van der Waals surface area (Å²) >= 11 is 0. The van der Waals surface area contributed by atoms with Gasteiger partial charge >= 0.3 is 0 Å². The molecule has 0 spiro atoms. The molecule has 1 unspecified atom stereocenters.